The van der Waals surface area contributed by atoms with Gasteiger partial charge in [0.1, 0.15) is 5.60 Å². The molecule has 5 heteroatoms. The van der Waals surface area contributed by atoms with Crippen molar-refractivity contribution in [1.29, 1.82) is 0 Å². The Bertz CT molecular complexity index is 237. The lowest BCUT2D eigenvalue weighted by Gasteiger charge is -2.21. The Labute approximate surface area is 110 Å². The molecule has 0 saturated carbocycles. The Hall–Kier alpha value is -0.810. The van der Waals surface area contributed by atoms with E-state index in [1.165, 1.54) is 0 Å². The zero-order valence-corrected chi connectivity index (χ0v) is 12.2. The predicted molar refractivity (Wildman–Crippen MR) is 72.6 cm³/mol. The van der Waals surface area contributed by atoms with Crippen molar-refractivity contribution in [3.05, 3.63) is 0 Å². The van der Waals surface area contributed by atoms with Crippen LogP contribution in [0.5, 0.6) is 0 Å². The summed E-state index contributed by atoms with van der Waals surface area (Å²) < 4.78 is 5.11. The second kappa shape index (κ2) is 8.32. The van der Waals surface area contributed by atoms with Crippen LogP contribution < -0.4 is 10.6 Å². The molecule has 1 atom stereocenters. The zero-order chi connectivity index (χ0) is 14.2. The molecule has 0 aromatic heterocycles. The molecule has 0 aromatic carbocycles. The molecule has 0 heterocycles. The van der Waals surface area contributed by atoms with Crippen LogP contribution >= 0.6 is 0 Å². The van der Waals surface area contributed by atoms with E-state index in [-0.39, 0.29) is 18.7 Å². The second-order valence-electron chi connectivity index (χ2n) is 5.77. The van der Waals surface area contributed by atoms with Gasteiger partial charge in [-0.15, -0.1) is 0 Å². The lowest BCUT2D eigenvalue weighted by atomic mass is 10.1. The van der Waals surface area contributed by atoms with Gasteiger partial charge < -0.3 is 20.5 Å². The van der Waals surface area contributed by atoms with Crippen LogP contribution in [-0.4, -0.2) is 42.5 Å². The van der Waals surface area contributed by atoms with Crippen molar-refractivity contribution in [1.82, 2.24) is 10.6 Å². The van der Waals surface area contributed by atoms with Gasteiger partial charge in [0.15, 0.2) is 0 Å². The third kappa shape index (κ3) is 9.24. The maximum absolute atomic E-state index is 11.3. The number of alkyl carbamates (subject to hydrolysis) is 1. The molecule has 1 unspecified atom stereocenters. The summed E-state index contributed by atoms with van der Waals surface area (Å²) in [6, 6.07) is 0.117. The second-order valence-corrected chi connectivity index (χ2v) is 5.77. The maximum atomic E-state index is 11.3. The summed E-state index contributed by atoms with van der Waals surface area (Å²) in [6.07, 6.45) is 0.424. The highest BCUT2D eigenvalue weighted by molar-refractivity contribution is 5.67. The van der Waals surface area contributed by atoms with Gasteiger partial charge in [0, 0.05) is 12.6 Å². The molecule has 0 aliphatic heterocycles. The van der Waals surface area contributed by atoms with Crippen molar-refractivity contribution < 1.29 is 14.6 Å². The topological polar surface area (TPSA) is 70.6 Å². The SMILES string of the molecule is CC(C)C(CO)NCCCNC(=O)OC(C)(C)C. The molecule has 0 fully saturated rings. The number of ether oxygens (including phenoxy) is 1. The van der Waals surface area contributed by atoms with E-state index in [0.29, 0.717) is 12.5 Å². The molecule has 0 rings (SSSR count). The molecular formula is C13H28N2O3. The molecule has 0 spiro atoms. The van der Waals surface area contributed by atoms with Crippen LogP contribution in [-0.2, 0) is 4.74 Å². The van der Waals surface area contributed by atoms with Crippen molar-refractivity contribution in [2.75, 3.05) is 19.7 Å². The largest absolute Gasteiger partial charge is 0.444 e. The van der Waals surface area contributed by atoms with Crippen LogP contribution in [0.3, 0.4) is 0 Å². The number of carbonyl (C=O) groups is 1. The van der Waals surface area contributed by atoms with Crippen molar-refractivity contribution in [2.45, 2.75) is 52.7 Å². The van der Waals surface area contributed by atoms with Crippen molar-refractivity contribution in [3.63, 3.8) is 0 Å². The van der Waals surface area contributed by atoms with Crippen LogP contribution in [0.1, 0.15) is 41.0 Å². The van der Waals surface area contributed by atoms with E-state index in [1.807, 2.05) is 20.8 Å². The zero-order valence-electron chi connectivity index (χ0n) is 12.2. The molecular weight excluding hydrogens is 232 g/mol. The molecule has 0 aliphatic carbocycles. The first kappa shape index (κ1) is 17.2. The number of aliphatic hydroxyl groups excluding tert-OH is 1. The quantitative estimate of drug-likeness (QED) is 0.607. The van der Waals surface area contributed by atoms with Gasteiger partial charge in [0.2, 0.25) is 0 Å². The highest BCUT2D eigenvalue weighted by atomic mass is 16.6. The molecule has 3 N–H and O–H groups in total. The minimum Gasteiger partial charge on any atom is -0.444 e. The van der Waals surface area contributed by atoms with Gasteiger partial charge in [0.25, 0.3) is 0 Å². The average molecular weight is 260 g/mol. The number of hydrogen-bond acceptors (Lipinski definition) is 4. The van der Waals surface area contributed by atoms with Gasteiger partial charge in [-0.1, -0.05) is 13.8 Å². The Morgan fingerprint density at radius 1 is 1.28 bits per heavy atom. The van der Waals surface area contributed by atoms with E-state index in [0.717, 1.165) is 13.0 Å². The third-order valence-electron chi connectivity index (χ3n) is 2.43. The van der Waals surface area contributed by atoms with E-state index in [4.69, 9.17) is 9.84 Å². The van der Waals surface area contributed by atoms with E-state index in [9.17, 15) is 4.79 Å². The number of aliphatic hydroxyl groups is 1. The highest BCUT2D eigenvalue weighted by Gasteiger charge is 2.15. The predicted octanol–water partition coefficient (Wildman–Crippen LogP) is 1.51. The normalized spacial score (nSPS) is 13.5. The summed E-state index contributed by atoms with van der Waals surface area (Å²) in [5.74, 6) is 0.397. The lowest BCUT2D eigenvalue weighted by molar-refractivity contribution is 0.0527. The first-order valence-corrected chi connectivity index (χ1v) is 6.57. The van der Waals surface area contributed by atoms with Gasteiger partial charge in [-0.2, -0.15) is 0 Å². The number of carbonyl (C=O) groups excluding carboxylic acids is 1. The molecule has 0 radical (unpaired) electrons. The molecule has 18 heavy (non-hydrogen) atoms. The Balaban J connectivity index is 3.59. The fourth-order valence-corrected chi connectivity index (χ4v) is 1.39. The third-order valence-corrected chi connectivity index (χ3v) is 2.43. The molecule has 0 bridgehead atoms. The number of rotatable bonds is 7. The summed E-state index contributed by atoms with van der Waals surface area (Å²) >= 11 is 0. The van der Waals surface area contributed by atoms with Crippen LogP contribution in [0.4, 0.5) is 4.79 Å². The minimum atomic E-state index is -0.456. The molecule has 0 saturated heterocycles. The van der Waals surface area contributed by atoms with Crippen LogP contribution in [0.2, 0.25) is 0 Å². The van der Waals surface area contributed by atoms with Gasteiger partial charge >= 0.3 is 6.09 Å². The number of hydrogen-bond donors (Lipinski definition) is 3. The van der Waals surface area contributed by atoms with Crippen LogP contribution in [0.15, 0.2) is 0 Å². The van der Waals surface area contributed by atoms with Crippen molar-refractivity contribution in [2.24, 2.45) is 5.92 Å². The summed E-state index contributed by atoms with van der Waals surface area (Å²) in [5.41, 5.74) is -0.456. The highest BCUT2D eigenvalue weighted by Crippen LogP contribution is 2.06. The Morgan fingerprint density at radius 2 is 1.89 bits per heavy atom. The van der Waals surface area contributed by atoms with Crippen molar-refractivity contribution >= 4 is 6.09 Å². The molecule has 1 amide bonds. The van der Waals surface area contributed by atoms with Gasteiger partial charge in [0.05, 0.1) is 6.61 Å². The minimum absolute atomic E-state index is 0.117. The van der Waals surface area contributed by atoms with Gasteiger partial charge in [-0.25, -0.2) is 4.79 Å². The van der Waals surface area contributed by atoms with E-state index in [2.05, 4.69) is 24.5 Å². The summed E-state index contributed by atoms with van der Waals surface area (Å²) in [7, 11) is 0. The van der Waals surface area contributed by atoms with Crippen LogP contribution in [0, 0.1) is 5.92 Å². The Kier molecular flexibility index (Phi) is 7.95. The van der Waals surface area contributed by atoms with Crippen LogP contribution in [0.25, 0.3) is 0 Å². The average Bonchev–Trinajstić information content (AvgIpc) is 2.20. The first-order valence-electron chi connectivity index (χ1n) is 6.57. The monoisotopic (exact) mass is 260 g/mol. The van der Waals surface area contributed by atoms with E-state index in [1.54, 1.807) is 0 Å². The summed E-state index contributed by atoms with van der Waals surface area (Å²) in [5, 5.41) is 15.1. The molecule has 0 aliphatic rings. The molecule has 0 aromatic rings. The van der Waals surface area contributed by atoms with E-state index >= 15 is 0 Å². The fourth-order valence-electron chi connectivity index (χ4n) is 1.39. The fraction of sp³-hybridized carbons (Fsp3) is 0.923. The van der Waals surface area contributed by atoms with Crippen molar-refractivity contribution in [3.8, 4) is 0 Å². The Morgan fingerprint density at radius 3 is 2.33 bits per heavy atom. The van der Waals surface area contributed by atoms with E-state index < -0.39 is 5.60 Å². The number of nitrogens with one attached hydrogen (secondary N) is 2. The summed E-state index contributed by atoms with van der Waals surface area (Å²) in [6.45, 7) is 11.1. The van der Waals surface area contributed by atoms with Gasteiger partial charge in [-0.3, -0.25) is 0 Å². The summed E-state index contributed by atoms with van der Waals surface area (Å²) in [4.78, 5) is 11.3. The lowest BCUT2D eigenvalue weighted by Crippen LogP contribution is -2.39. The standard InChI is InChI=1S/C13H28N2O3/c1-10(2)11(9-16)14-7-6-8-15-12(17)18-13(3,4)5/h10-11,14,16H,6-9H2,1-5H3,(H,15,17). The smallest absolute Gasteiger partial charge is 0.407 e. The maximum Gasteiger partial charge on any atom is 0.407 e. The number of amides is 1. The first-order chi connectivity index (χ1) is 8.26. The molecule has 5 nitrogen and oxygen atoms in total. The molecule has 108 valence electrons. The van der Waals surface area contributed by atoms with Gasteiger partial charge in [-0.05, 0) is 39.7 Å².